The summed E-state index contributed by atoms with van der Waals surface area (Å²) in [6.07, 6.45) is 2.86. The number of aromatic nitrogens is 1. The van der Waals surface area contributed by atoms with E-state index in [2.05, 4.69) is 29.0 Å². The molecule has 1 amide bonds. The number of ether oxygens (including phenoxy) is 3. The summed E-state index contributed by atoms with van der Waals surface area (Å²) >= 11 is 1.67. The van der Waals surface area contributed by atoms with Crippen molar-refractivity contribution < 1.29 is 24.1 Å². The maximum Gasteiger partial charge on any atom is 0.407 e. The van der Waals surface area contributed by atoms with E-state index in [0.717, 1.165) is 50.6 Å². The molecule has 1 saturated heterocycles. The third kappa shape index (κ3) is 8.08. The Kier molecular flexibility index (Phi) is 10.4. The van der Waals surface area contributed by atoms with Crippen molar-refractivity contribution in [2.45, 2.75) is 43.1 Å². The average Bonchev–Trinajstić information content (AvgIpc) is 3.06. The topological polar surface area (TPSA) is 89.9 Å². The molecule has 3 atom stereocenters. The first-order valence-electron chi connectivity index (χ1n) is 13.9. The molecule has 0 saturated carbocycles. The first-order valence-corrected chi connectivity index (χ1v) is 14.8. The number of benzene rings is 3. The number of thioether (sulfide) groups is 1. The average molecular weight is 583 g/mol. The van der Waals surface area contributed by atoms with Crippen molar-refractivity contribution in [3.05, 3.63) is 132 Å². The summed E-state index contributed by atoms with van der Waals surface area (Å²) < 4.78 is 17.9. The fourth-order valence-corrected chi connectivity index (χ4v) is 5.57. The number of aliphatic hydroxyl groups excluding tert-OH is 1. The van der Waals surface area contributed by atoms with Crippen molar-refractivity contribution in [1.82, 2.24) is 10.3 Å². The number of alkyl carbamates (subject to hydrolysis) is 1. The van der Waals surface area contributed by atoms with Gasteiger partial charge in [0.25, 0.3) is 0 Å². The van der Waals surface area contributed by atoms with Gasteiger partial charge in [-0.05, 0) is 46.0 Å². The van der Waals surface area contributed by atoms with Crippen LogP contribution in [0.4, 0.5) is 4.79 Å². The first kappa shape index (κ1) is 29.5. The molecule has 0 spiro atoms. The van der Waals surface area contributed by atoms with Crippen LogP contribution in [0, 0.1) is 0 Å². The highest BCUT2D eigenvalue weighted by atomic mass is 32.2. The van der Waals surface area contributed by atoms with E-state index < -0.39 is 12.4 Å². The van der Waals surface area contributed by atoms with Gasteiger partial charge in [-0.1, -0.05) is 85.5 Å². The Morgan fingerprint density at radius 3 is 2.52 bits per heavy atom. The van der Waals surface area contributed by atoms with Gasteiger partial charge < -0.3 is 24.6 Å². The predicted molar refractivity (Wildman–Crippen MR) is 164 cm³/mol. The van der Waals surface area contributed by atoms with Crippen LogP contribution in [0.1, 0.15) is 41.1 Å². The third-order valence-electron chi connectivity index (χ3n) is 6.88. The lowest BCUT2D eigenvalue weighted by atomic mass is 9.99. The standard InChI is InChI=1S/C34H34N2O5S/c1-2-18-39-34(38)36-21-25-6-5-7-29(19-25)26-13-15-28(16-14-26)33-40-30(23-42-32-8-3-4-17-35-32)20-31(41-33)27-11-9-24(22-37)10-12-27/h2-17,19,30-31,33,37H,1,18,20-23H2,(H,36,38)/t30-,31+,33+/m1/s1. The minimum absolute atomic E-state index is 0.00885. The summed E-state index contributed by atoms with van der Waals surface area (Å²) in [6.45, 7) is 4.10. The normalized spacial score (nSPS) is 18.3. The number of carbonyl (C=O) groups excluding carboxylic acids is 1. The van der Waals surface area contributed by atoms with Crippen molar-refractivity contribution in [2.24, 2.45) is 0 Å². The molecule has 1 fully saturated rings. The number of hydrogen-bond acceptors (Lipinski definition) is 7. The number of hydrogen-bond donors (Lipinski definition) is 2. The molecule has 2 N–H and O–H groups in total. The zero-order valence-electron chi connectivity index (χ0n) is 23.2. The van der Waals surface area contributed by atoms with Crippen molar-refractivity contribution in [3.63, 3.8) is 0 Å². The zero-order chi connectivity index (χ0) is 29.1. The van der Waals surface area contributed by atoms with Crippen LogP contribution < -0.4 is 5.32 Å². The summed E-state index contributed by atoms with van der Waals surface area (Å²) in [5.41, 5.74) is 5.91. The Hall–Kier alpha value is -3.95. The highest BCUT2D eigenvalue weighted by molar-refractivity contribution is 7.99. The molecular formula is C34H34N2O5S. The van der Waals surface area contributed by atoms with Gasteiger partial charge in [0, 0.05) is 30.5 Å². The molecular weight excluding hydrogens is 548 g/mol. The predicted octanol–water partition coefficient (Wildman–Crippen LogP) is 6.99. The maximum absolute atomic E-state index is 11.8. The SMILES string of the molecule is C=CCOC(=O)NCc1cccc(-c2ccc([C@H]3O[C@@H](CSc4ccccn4)C[C@@H](c4ccc(CO)cc4)O3)cc2)c1. The summed E-state index contributed by atoms with van der Waals surface area (Å²) in [6, 6.07) is 30.0. The minimum Gasteiger partial charge on any atom is -0.445 e. The van der Waals surface area contributed by atoms with E-state index in [-0.39, 0.29) is 25.4 Å². The summed E-state index contributed by atoms with van der Waals surface area (Å²) in [5.74, 6) is 0.752. The van der Waals surface area contributed by atoms with Crippen LogP contribution in [0.3, 0.4) is 0 Å². The molecule has 5 rings (SSSR count). The molecule has 0 aliphatic carbocycles. The number of nitrogens with one attached hydrogen (secondary N) is 1. The van der Waals surface area contributed by atoms with Gasteiger partial charge in [0.1, 0.15) is 6.61 Å². The Balaban J connectivity index is 1.29. The van der Waals surface area contributed by atoms with Crippen LogP contribution >= 0.6 is 11.8 Å². The van der Waals surface area contributed by atoms with Gasteiger partial charge in [-0.15, -0.1) is 11.8 Å². The van der Waals surface area contributed by atoms with Gasteiger partial charge in [-0.2, -0.15) is 0 Å². The van der Waals surface area contributed by atoms with Crippen molar-refractivity contribution in [1.29, 1.82) is 0 Å². The molecule has 4 aromatic rings. The summed E-state index contributed by atoms with van der Waals surface area (Å²) in [4.78, 5) is 16.2. The number of rotatable bonds is 11. The van der Waals surface area contributed by atoms with E-state index in [1.165, 1.54) is 6.08 Å². The van der Waals surface area contributed by atoms with E-state index in [1.807, 2.05) is 78.9 Å². The smallest absolute Gasteiger partial charge is 0.407 e. The lowest BCUT2D eigenvalue weighted by molar-refractivity contribution is -0.245. The fourth-order valence-electron chi connectivity index (χ4n) is 4.69. The van der Waals surface area contributed by atoms with Crippen molar-refractivity contribution >= 4 is 17.9 Å². The zero-order valence-corrected chi connectivity index (χ0v) is 24.0. The van der Waals surface area contributed by atoms with E-state index in [1.54, 1.807) is 18.0 Å². The molecule has 216 valence electrons. The molecule has 0 radical (unpaired) electrons. The van der Waals surface area contributed by atoms with Crippen LogP contribution in [0.5, 0.6) is 0 Å². The molecule has 1 aromatic heterocycles. The molecule has 8 heteroatoms. The molecule has 7 nitrogen and oxygen atoms in total. The second-order valence-corrected chi connectivity index (χ2v) is 10.9. The number of carbonyl (C=O) groups is 1. The van der Waals surface area contributed by atoms with Gasteiger partial charge >= 0.3 is 6.09 Å². The van der Waals surface area contributed by atoms with Gasteiger partial charge in [-0.3, -0.25) is 0 Å². The largest absolute Gasteiger partial charge is 0.445 e. The monoisotopic (exact) mass is 582 g/mol. The molecule has 42 heavy (non-hydrogen) atoms. The number of nitrogens with zero attached hydrogens (tertiary/aromatic N) is 1. The number of amides is 1. The van der Waals surface area contributed by atoms with E-state index in [9.17, 15) is 9.90 Å². The van der Waals surface area contributed by atoms with Gasteiger partial charge in [0.15, 0.2) is 6.29 Å². The van der Waals surface area contributed by atoms with E-state index in [0.29, 0.717) is 6.54 Å². The summed E-state index contributed by atoms with van der Waals surface area (Å²) in [7, 11) is 0. The highest BCUT2D eigenvalue weighted by Gasteiger charge is 2.32. The van der Waals surface area contributed by atoms with Crippen LogP contribution in [0.25, 0.3) is 11.1 Å². The summed E-state index contributed by atoms with van der Waals surface area (Å²) in [5, 5.41) is 13.2. The number of aliphatic hydroxyl groups is 1. The maximum atomic E-state index is 11.8. The second kappa shape index (κ2) is 14.8. The van der Waals surface area contributed by atoms with Crippen LogP contribution in [0.2, 0.25) is 0 Å². The van der Waals surface area contributed by atoms with Crippen LogP contribution in [0.15, 0.2) is 115 Å². The highest BCUT2D eigenvalue weighted by Crippen LogP contribution is 2.39. The quantitative estimate of drug-likeness (QED) is 0.146. The van der Waals surface area contributed by atoms with Gasteiger partial charge in [0.05, 0.1) is 23.8 Å². The Morgan fingerprint density at radius 2 is 1.79 bits per heavy atom. The Bertz CT molecular complexity index is 1450. The lowest BCUT2D eigenvalue weighted by Gasteiger charge is -2.36. The van der Waals surface area contributed by atoms with Gasteiger partial charge in [-0.25, -0.2) is 9.78 Å². The minimum atomic E-state index is -0.526. The van der Waals surface area contributed by atoms with E-state index >= 15 is 0 Å². The third-order valence-corrected chi connectivity index (χ3v) is 7.96. The fraction of sp³-hybridized carbons (Fsp3) is 0.235. The lowest BCUT2D eigenvalue weighted by Crippen LogP contribution is -2.31. The van der Waals surface area contributed by atoms with E-state index in [4.69, 9.17) is 14.2 Å². The Labute approximate surface area is 250 Å². The van der Waals surface area contributed by atoms with Crippen molar-refractivity contribution in [2.75, 3.05) is 12.4 Å². The van der Waals surface area contributed by atoms with Crippen LogP contribution in [-0.4, -0.2) is 34.6 Å². The molecule has 1 aliphatic rings. The molecule has 2 heterocycles. The van der Waals surface area contributed by atoms with Crippen LogP contribution in [-0.2, 0) is 27.4 Å². The Morgan fingerprint density at radius 1 is 0.976 bits per heavy atom. The number of pyridine rings is 1. The second-order valence-electron chi connectivity index (χ2n) is 9.89. The van der Waals surface area contributed by atoms with Crippen molar-refractivity contribution in [3.8, 4) is 11.1 Å². The molecule has 0 unspecified atom stereocenters. The van der Waals surface area contributed by atoms with Gasteiger partial charge in [0.2, 0.25) is 0 Å². The molecule has 1 aliphatic heterocycles. The first-order chi connectivity index (χ1) is 20.6. The molecule has 3 aromatic carbocycles. The molecule has 0 bridgehead atoms.